The van der Waals surface area contributed by atoms with Gasteiger partial charge in [0.15, 0.2) is 5.78 Å². The highest BCUT2D eigenvalue weighted by Gasteiger charge is 2.25. The highest BCUT2D eigenvalue weighted by Crippen LogP contribution is 2.30. The van der Waals surface area contributed by atoms with Crippen molar-refractivity contribution >= 4 is 5.78 Å². The maximum absolute atomic E-state index is 14.0. The van der Waals surface area contributed by atoms with Crippen LogP contribution in [-0.2, 0) is 0 Å². The number of hydrogen-bond acceptors (Lipinski definition) is 2. The van der Waals surface area contributed by atoms with Crippen LogP contribution in [-0.4, -0.2) is 18.9 Å². The molecule has 1 aliphatic heterocycles. The number of ketones is 1. The third-order valence-corrected chi connectivity index (χ3v) is 3.15. The van der Waals surface area contributed by atoms with Crippen molar-refractivity contribution in [2.45, 2.75) is 19.5 Å². The molecular formula is C13H16FNO. The minimum atomic E-state index is -0.920. The molecule has 0 saturated carbocycles. The van der Waals surface area contributed by atoms with Gasteiger partial charge in [0.05, 0.1) is 0 Å². The molecule has 2 rings (SSSR count). The van der Waals surface area contributed by atoms with E-state index < -0.39 is 6.17 Å². The molecule has 1 aromatic carbocycles. The van der Waals surface area contributed by atoms with Gasteiger partial charge < -0.3 is 5.32 Å². The van der Waals surface area contributed by atoms with Crippen molar-refractivity contribution in [1.29, 1.82) is 0 Å². The van der Waals surface area contributed by atoms with Crippen molar-refractivity contribution < 1.29 is 9.18 Å². The molecule has 1 aromatic rings. The van der Waals surface area contributed by atoms with Crippen LogP contribution in [0.15, 0.2) is 24.3 Å². The van der Waals surface area contributed by atoms with E-state index in [1.165, 1.54) is 6.92 Å². The molecule has 2 unspecified atom stereocenters. The standard InChI is InChI=1S/C13H16FNO/c1-9(16)10-2-4-11(5-3-10)13(14)12-6-7-15-8-12/h2-5,12-13,15H,6-8H2,1H3. The maximum Gasteiger partial charge on any atom is 0.159 e. The summed E-state index contributed by atoms with van der Waals surface area (Å²) in [6.07, 6.45) is -0.0358. The Balaban J connectivity index is 2.11. The highest BCUT2D eigenvalue weighted by atomic mass is 19.1. The molecule has 1 fully saturated rings. The Hall–Kier alpha value is -1.22. The summed E-state index contributed by atoms with van der Waals surface area (Å²) in [4.78, 5) is 11.1. The molecule has 0 spiro atoms. The third kappa shape index (κ3) is 2.30. The molecule has 0 amide bonds. The molecule has 1 N–H and O–H groups in total. The Bertz CT molecular complexity index is 368. The topological polar surface area (TPSA) is 29.1 Å². The Morgan fingerprint density at radius 2 is 2.12 bits per heavy atom. The van der Waals surface area contributed by atoms with E-state index in [2.05, 4.69) is 5.32 Å². The van der Waals surface area contributed by atoms with Crippen molar-refractivity contribution in [2.75, 3.05) is 13.1 Å². The average Bonchev–Trinajstić information content (AvgIpc) is 2.81. The average molecular weight is 221 g/mol. The van der Waals surface area contributed by atoms with E-state index in [-0.39, 0.29) is 11.7 Å². The molecule has 2 nitrogen and oxygen atoms in total. The Labute approximate surface area is 94.9 Å². The van der Waals surface area contributed by atoms with E-state index in [4.69, 9.17) is 0 Å². The van der Waals surface area contributed by atoms with Crippen LogP contribution in [0.3, 0.4) is 0 Å². The minimum absolute atomic E-state index is 0.0180. The van der Waals surface area contributed by atoms with Gasteiger partial charge in [0.1, 0.15) is 6.17 Å². The lowest BCUT2D eigenvalue weighted by molar-refractivity contribution is 0.101. The van der Waals surface area contributed by atoms with E-state index in [9.17, 15) is 9.18 Å². The van der Waals surface area contributed by atoms with Gasteiger partial charge in [-0.2, -0.15) is 0 Å². The van der Waals surface area contributed by atoms with E-state index in [0.29, 0.717) is 11.1 Å². The summed E-state index contributed by atoms with van der Waals surface area (Å²) in [6.45, 7) is 3.16. The van der Waals surface area contributed by atoms with Crippen LogP contribution < -0.4 is 5.32 Å². The molecule has 0 bridgehead atoms. The van der Waals surface area contributed by atoms with E-state index in [1.807, 2.05) is 0 Å². The second kappa shape index (κ2) is 4.74. The Morgan fingerprint density at radius 3 is 2.62 bits per heavy atom. The number of carbonyl (C=O) groups is 1. The lowest BCUT2D eigenvalue weighted by Gasteiger charge is -2.15. The molecule has 16 heavy (non-hydrogen) atoms. The summed E-state index contributed by atoms with van der Waals surface area (Å²) >= 11 is 0. The van der Waals surface area contributed by atoms with Gasteiger partial charge in [0, 0.05) is 18.0 Å². The molecule has 0 radical (unpaired) electrons. The van der Waals surface area contributed by atoms with Gasteiger partial charge in [-0.15, -0.1) is 0 Å². The summed E-state index contributed by atoms with van der Waals surface area (Å²) in [5, 5.41) is 3.16. The van der Waals surface area contributed by atoms with E-state index in [0.717, 1.165) is 19.5 Å². The summed E-state index contributed by atoms with van der Waals surface area (Å²) in [7, 11) is 0. The first-order valence-corrected chi connectivity index (χ1v) is 5.64. The lowest BCUT2D eigenvalue weighted by Crippen LogP contribution is -2.13. The molecule has 86 valence electrons. The van der Waals surface area contributed by atoms with Gasteiger partial charge >= 0.3 is 0 Å². The number of rotatable bonds is 3. The second-order valence-corrected chi connectivity index (χ2v) is 4.33. The van der Waals surface area contributed by atoms with Crippen LogP contribution in [0.1, 0.15) is 35.4 Å². The molecule has 1 saturated heterocycles. The molecule has 2 atom stereocenters. The number of carbonyl (C=O) groups excluding carboxylic acids is 1. The molecule has 1 aliphatic rings. The van der Waals surface area contributed by atoms with Crippen molar-refractivity contribution in [3.63, 3.8) is 0 Å². The van der Waals surface area contributed by atoms with Crippen LogP contribution in [0.5, 0.6) is 0 Å². The SMILES string of the molecule is CC(=O)c1ccc(C(F)C2CCNC2)cc1. The summed E-state index contributed by atoms with van der Waals surface area (Å²) < 4.78 is 14.0. The Kier molecular flexibility index (Phi) is 3.34. The normalized spacial score (nSPS) is 22.0. The third-order valence-electron chi connectivity index (χ3n) is 3.15. The van der Waals surface area contributed by atoms with E-state index in [1.54, 1.807) is 24.3 Å². The van der Waals surface area contributed by atoms with Gasteiger partial charge in [-0.3, -0.25) is 4.79 Å². The number of alkyl halides is 1. The van der Waals surface area contributed by atoms with Crippen LogP contribution in [0, 0.1) is 5.92 Å². The number of benzene rings is 1. The van der Waals surface area contributed by atoms with Gasteiger partial charge in [0.25, 0.3) is 0 Å². The van der Waals surface area contributed by atoms with Crippen LogP contribution in [0.25, 0.3) is 0 Å². The number of hydrogen-bond donors (Lipinski definition) is 1. The first-order valence-electron chi connectivity index (χ1n) is 5.64. The molecule has 3 heteroatoms. The number of halogens is 1. The van der Waals surface area contributed by atoms with Gasteiger partial charge in [0.2, 0.25) is 0 Å². The fourth-order valence-corrected chi connectivity index (χ4v) is 2.10. The van der Waals surface area contributed by atoms with Crippen molar-refractivity contribution in [1.82, 2.24) is 5.32 Å². The van der Waals surface area contributed by atoms with Crippen LogP contribution in [0.2, 0.25) is 0 Å². The zero-order valence-electron chi connectivity index (χ0n) is 9.37. The highest BCUT2D eigenvalue weighted by molar-refractivity contribution is 5.94. The Morgan fingerprint density at radius 1 is 1.44 bits per heavy atom. The maximum atomic E-state index is 14.0. The quantitative estimate of drug-likeness (QED) is 0.794. The predicted octanol–water partition coefficient (Wildman–Crippen LogP) is 2.51. The van der Waals surface area contributed by atoms with Crippen molar-refractivity contribution in [3.05, 3.63) is 35.4 Å². The van der Waals surface area contributed by atoms with Crippen LogP contribution in [0.4, 0.5) is 4.39 Å². The summed E-state index contributed by atoms with van der Waals surface area (Å²) in [5.74, 6) is 0.0904. The second-order valence-electron chi connectivity index (χ2n) is 4.33. The molecule has 0 aromatic heterocycles. The first-order chi connectivity index (χ1) is 7.68. The van der Waals surface area contributed by atoms with Gasteiger partial charge in [-0.05, 0) is 25.5 Å². The van der Waals surface area contributed by atoms with Crippen molar-refractivity contribution in [2.24, 2.45) is 5.92 Å². The summed E-state index contributed by atoms with van der Waals surface area (Å²) in [6, 6.07) is 6.85. The minimum Gasteiger partial charge on any atom is -0.316 e. The largest absolute Gasteiger partial charge is 0.316 e. The van der Waals surface area contributed by atoms with Gasteiger partial charge in [-0.1, -0.05) is 24.3 Å². The van der Waals surface area contributed by atoms with Gasteiger partial charge in [-0.25, -0.2) is 4.39 Å². The predicted molar refractivity (Wildman–Crippen MR) is 61.3 cm³/mol. The first kappa shape index (κ1) is 11.3. The fraction of sp³-hybridized carbons (Fsp3) is 0.462. The van der Waals surface area contributed by atoms with Crippen molar-refractivity contribution in [3.8, 4) is 0 Å². The molecular weight excluding hydrogens is 205 g/mol. The summed E-state index contributed by atoms with van der Waals surface area (Å²) in [5.41, 5.74) is 1.32. The zero-order chi connectivity index (χ0) is 11.5. The van der Waals surface area contributed by atoms with E-state index >= 15 is 0 Å². The number of nitrogens with one attached hydrogen (secondary N) is 1. The monoisotopic (exact) mass is 221 g/mol. The molecule has 1 heterocycles. The lowest BCUT2D eigenvalue weighted by atomic mass is 9.95. The molecule has 0 aliphatic carbocycles. The fourth-order valence-electron chi connectivity index (χ4n) is 2.10. The number of Topliss-reactive ketones (excluding diaryl/α,β-unsaturated/α-hetero) is 1. The van der Waals surface area contributed by atoms with Crippen LogP contribution >= 0.6 is 0 Å². The smallest absolute Gasteiger partial charge is 0.159 e. The zero-order valence-corrected chi connectivity index (χ0v) is 9.37.